The van der Waals surface area contributed by atoms with Crippen LogP contribution in [-0.2, 0) is 0 Å². The molecule has 2 aromatic carbocycles. The quantitative estimate of drug-likeness (QED) is 0.606. The molecular weight excluding hydrogens is 356 g/mol. The molecule has 0 saturated carbocycles. The summed E-state index contributed by atoms with van der Waals surface area (Å²) in [5, 5.41) is 4.01. The Labute approximate surface area is 144 Å². The van der Waals surface area contributed by atoms with Crippen molar-refractivity contribution in [3.63, 3.8) is 0 Å². The zero-order valence-electron chi connectivity index (χ0n) is 13.1. The van der Waals surface area contributed by atoms with Gasteiger partial charge in [0.2, 0.25) is 0 Å². The largest absolute Gasteiger partial charge is 0.493 e. The number of hydrazone groups is 1. The topological polar surface area (TPSA) is 50.7 Å². The van der Waals surface area contributed by atoms with Crippen LogP contribution in [0.3, 0.4) is 0 Å². The van der Waals surface area contributed by atoms with Crippen LogP contribution in [0.25, 0.3) is 0 Å². The molecule has 0 aromatic heterocycles. The number of nitrogens with zero attached hydrogens (tertiary/aromatic N) is 1. The molecule has 0 saturated heterocycles. The molecule has 23 heavy (non-hydrogen) atoms. The van der Waals surface area contributed by atoms with Crippen molar-refractivity contribution in [2.75, 3.05) is 6.61 Å². The lowest BCUT2D eigenvalue weighted by molar-refractivity contribution is 0.0955. The summed E-state index contributed by atoms with van der Waals surface area (Å²) >= 11 is 3.34. The van der Waals surface area contributed by atoms with Gasteiger partial charge in [-0.15, -0.1) is 0 Å². The molecule has 0 bridgehead atoms. The fourth-order valence-corrected chi connectivity index (χ4v) is 2.07. The average Bonchev–Trinajstić information content (AvgIpc) is 2.54. The van der Waals surface area contributed by atoms with E-state index in [4.69, 9.17) is 4.74 Å². The molecule has 2 aromatic rings. The van der Waals surface area contributed by atoms with Gasteiger partial charge in [0.05, 0.1) is 12.8 Å². The minimum atomic E-state index is -0.255. The fourth-order valence-electron chi connectivity index (χ4n) is 1.80. The fraction of sp³-hybridized carbons (Fsp3) is 0.222. The summed E-state index contributed by atoms with van der Waals surface area (Å²) in [5.74, 6) is 0.939. The molecule has 0 atom stereocenters. The maximum atomic E-state index is 12.0. The van der Waals surface area contributed by atoms with Gasteiger partial charge >= 0.3 is 0 Å². The first kappa shape index (κ1) is 17.2. The van der Waals surface area contributed by atoms with Crippen LogP contribution in [0.2, 0.25) is 0 Å². The Morgan fingerprint density at radius 2 is 1.91 bits per heavy atom. The Hall–Kier alpha value is -2.14. The molecule has 5 heteroatoms. The lowest BCUT2D eigenvalue weighted by Gasteiger charge is -2.10. The molecule has 0 unspecified atom stereocenters. The predicted octanol–water partition coefficient (Wildman–Crippen LogP) is 4.25. The smallest absolute Gasteiger partial charge is 0.271 e. The van der Waals surface area contributed by atoms with Crippen molar-refractivity contribution in [3.05, 3.63) is 64.1 Å². The van der Waals surface area contributed by atoms with Crippen molar-refractivity contribution in [1.29, 1.82) is 0 Å². The number of amides is 1. The van der Waals surface area contributed by atoms with E-state index in [1.807, 2.05) is 36.4 Å². The molecule has 1 N–H and O–H groups in total. The SMILES string of the molecule is CC(C)COc1ccccc1/C=N\NC(=O)c1ccc(Br)cc1. The number of nitrogens with one attached hydrogen (secondary N) is 1. The first-order valence-electron chi connectivity index (χ1n) is 7.37. The maximum absolute atomic E-state index is 12.0. The number of ether oxygens (including phenoxy) is 1. The molecule has 0 fully saturated rings. The van der Waals surface area contributed by atoms with Gasteiger partial charge in [0.15, 0.2) is 0 Å². The number of hydrogen-bond acceptors (Lipinski definition) is 3. The number of rotatable bonds is 6. The second kappa shape index (κ2) is 8.48. The third-order valence-corrected chi connectivity index (χ3v) is 3.50. The van der Waals surface area contributed by atoms with Crippen molar-refractivity contribution in [2.24, 2.45) is 11.0 Å². The van der Waals surface area contributed by atoms with E-state index in [0.29, 0.717) is 18.1 Å². The Morgan fingerprint density at radius 3 is 2.61 bits per heavy atom. The Bertz CT molecular complexity index is 682. The van der Waals surface area contributed by atoms with Crippen LogP contribution >= 0.6 is 15.9 Å². The van der Waals surface area contributed by atoms with Crippen LogP contribution in [-0.4, -0.2) is 18.7 Å². The molecule has 0 aliphatic carbocycles. The number of para-hydroxylation sites is 1. The van der Waals surface area contributed by atoms with Crippen LogP contribution in [0.5, 0.6) is 5.75 Å². The van der Waals surface area contributed by atoms with E-state index in [1.165, 1.54) is 0 Å². The van der Waals surface area contributed by atoms with Gasteiger partial charge in [-0.3, -0.25) is 4.79 Å². The van der Waals surface area contributed by atoms with Gasteiger partial charge in [-0.2, -0.15) is 5.10 Å². The van der Waals surface area contributed by atoms with Crippen LogP contribution in [0.15, 0.2) is 58.1 Å². The van der Waals surface area contributed by atoms with Crippen molar-refractivity contribution in [3.8, 4) is 5.75 Å². The first-order chi connectivity index (χ1) is 11.1. The third kappa shape index (κ3) is 5.53. The van der Waals surface area contributed by atoms with Gasteiger partial charge in [0, 0.05) is 15.6 Å². The molecule has 0 aliphatic heterocycles. The number of benzene rings is 2. The second-order valence-electron chi connectivity index (χ2n) is 5.45. The zero-order valence-corrected chi connectivity index (χ0v) is 14.7. The second-order valence-corrected chi connectivity index (χ2v) is 6.36. The number of carbonyl (C=O) groups excluding carboxylic acids is 1. The van der Waals surface area contributed by atoms with Crippen LogP contribution in [0.4, 0.5) is 0 Å². The number of halogens is 1. The number of carbonyl (C=O) groups is 1. The molecule has 0 radical (unpaired) electrons. The molecule has 0 spiro atoms. The van der Waals surface area contributed by atoms with Crippen LogP contribution in [0, 0.1) is 5.92 Å². The molecule has 2 rings (SSSR count). The maximum Gasteiger partial charge on any atom is 0.271 e. The summed E-state index contributed by atoms with van der Waals surface area (Å²) in [7, 11) is 0. The van der Waals surface area contributed by atoms with Crippen molar-refractivity contribution in [1.82, 2.24) is 5.43 Å². The van der Waals surface area contributed by atoms with E-state index >= 15 is 0 Å². The molecule has 4 nitrogen and oxygen atoms in total. The highest BCUT2D eigenvalue weighted by molar-refractivity contribution is 9.10. The van der Waals surface area contributed by atoms with E-state index in [2.05, 4.69) is 40.3 Å². The molecular formula is C18H19BrN2O2. The van der Waals surface area contributed by atoms with Crippen LogP contribution < -0.4 is 10.2 Å². The van der Waals surface area contributed by atoms with Crippen molar-refractivity contribution in [2.45, 2.75) is 13.8 Å². The van der Waals surface area contributed by atoms with E-state index < -0.39 is 0 Å². The summed E-state index contributed by atoms with van der Waals surface area (Å²) in [4.78, 5) is 12.0. The van der Waals surface area contributed by atoms with Gasteiger partial charge in [-0.1, -0.05) is 41.9 Å². The van der Waals surface area contributed by atoms with Gasteiger partial charge in [-0.05, 0) is 42.3 Å². The van der Waals surface area contributed by atoms with Gasteiger partial charge < -0.3 is 4.74 Å². The lowest BCUT2D eigenvalue weighted by Crippen LogP contribution is -2.17. The first-order valence-corrected chi connectivity index (χ1v) is 8.16. The van der Waals surface area contributed by atoms with E-state index in [1.54, 1.807) is 18.3 Å². The Balaban J connectivity index is 2.00. The van der Waals surface area contributed by atoms with Crippen LogP contribution in [0.1, 0.15) is 29.8 Å². The minimum absolute atomic E-state index is 0.255. The average molecular weight is 375 g/mol. The zero-order chi connectivity index (χ0) is 16.7. The third-order valence-electron chi connectivity index (χ3n) is 2.97. The molecule has 1 amide bonds. The number of hydrogen-bond donors (Lipinski definition) is 1. The summed E-state index contributed by atoms with van der Waals surface area (Å²) in [6.45, 7) is 4.82. The summed E-state index contributed by atoms with van der Waals surface area (Å²) in [5.41, 5.74) is 3.89. The van der Waals surface area contributed by atoms with Gasteiger partial charge in [-0.25, -0.2) is 5.43 Å². The predicted molar refractivity (Wildman–Crippen MR) is 96.0 cm³/mol. The summed E-state index contributed by atoms with van der Waals surface area (Å²) < 4.78 is 6.67. The Kier molecular flexibility index (Phi) is 6.35. The molecule has 0 aliphatic rings. The van der Waals surface area contributed by atoms with Gasteiger partial charge in [0.1, 0.15) is 5.75 Å². The van der Waals surface area contributed by atoms with E-state index in [-0.39, 0.29) is 5.91 Å². The monoisotopic (exact) mass is 374 g/mol. The highest BCUT2D eigenvalue weighted by Gasteiger charge is 2.04. The summed E-state index contributed by atoms with van der Waals surface area (Å²) in [6, 6.07) is 14.7. The molecule has 120 valence electrons. The van der Waals surface area contributed by atoms with Gasteiger partial charge in [0.25, 0.3) is 5.91 Å². The van der Waals surface area contributed by atoms with E-state index in [0.717, 1.165) is 15.8 Å². The normalized spacial score (nSPS) is 11.0. The van der Waals surface area contributed by atoms with Crippen molar-refractivity contribution >= 4 is 28.1 Å². The standard InChI is InChI=1S/C18H19BrN2O2/c1-13(2)12-23-17-6-4-3-5-15(17)11-20-21-18(22)14-7-9-16(19)10-8-14/h3-11,13H,12H2,1-2H3,(H,21,22)/b20-11-. The molecule has 0 heterocycles. The highest BCUT2D eigenvalue weighted by Crippen LogP contribution is 2.16. The summed E-state index contributed by atoms with van der Waals surface area (Å²) in [6.07, 6.45) is 1.59. The Morgan fingerprint density at radius 1 is 1.22 bits per heavy atom. The van der Waals surface area contributed by atoms with E-state index in [9.17, 15) is 4.79 Å². The minimum Gasteiger partial charge on any atom is -0.493 e. The van der Waals surface area contributed by atoms with Crippen molar-refractivity contribution < 1.29 is 9.53 Å². The highest BCUT2D eigenvalue weighted by atomic mass is 79.9. The lowest BCUT2D eigenvalue weighted by atomic mass is 10.2.